The molecule has 0 aromatic heterocycles. The van der Waals surface area contributed by atoms with Gasteiger partial charge in [-0.2, -0.15) is 0 Å². The monoisotopic (exact) mass is 81.1 g/mol. The molecule has 0 saturated carbocycles. The summed E-state index contributed by atoms with van der Waals surface area (Å²) in [6, 6.07) is 0. The summed E-state index contributed by atoms with van der Waals surface area (Å²) in [5, 5.41) is 0. The normalized spacial score (nSPS) is 5.00. The Kier molecular flexibility index (Phi) is 16.2. The molecule has 0 aromatic rings. The quantitative estimate of drug-likeness (QED) is 0.269. The third-order valence-corrected chi connectivity index (χ3v) is 0.167. The zero-order valence-electron chi connectivity index (χ0n) is 4.57. The van der Waals surface area contributed by atoms with Gasteiger partial charge in [0.1, 0.15) is 0 Å². The van der Waals surface area contributed by atoms with Crippen LogP contribution in [0.4, 0.5) is 0 Å². The van der Waals surface area contributed by atoms with Crippen molar-refractivity contribution in [1.82, 2.24) is 0 Å². The first kappa shape index (κ1) is 9.20. The Morgan fingerprint density at radius 2 is 2.20 bits per heavy atom. The summed E-state index contributed by atoms with van der Waals surface area (Å²) >= 11 is 0. The van der Waals surface area contributed by atoms with Crippen molar-refractivity contribution < 1.29 is 31.0 Å². The second-order valence-electron chi connectivity index (χ2n) is 0.524. The summed E-state index contributed by atoms with van der Waals surface area (Å²) in [5.41, 5.74) is 4.91. The van der Waals surface area contributed by atoms with Crippen LogP contribution in [-0.4, -0.2) is 6.54 Å². The van der Waals surface area contributed by atoms with Gasteiger partial charge in [0.05, 0.1) is 0 Å². The zero-order chi connectivity index (χ0) is 3.41. The Morgan fingerprint density at radius 1 is 2.00 bits per heavy atom. The average molecular weight is 81.1 g/mol. The van der Waals surface area contributed by atoms with E-state index < -0.39 is 0 Å². The molecule has 1 nitrogen and oxygen atoms in total. The smallest absolute Gasteiger partial charge is 1.00 e. The van der Waals surface area contributed by atoms with E-state index in [0.29, 0.717) is 6.54 Å². The van der Waals surface area contributed by atoms with E-state index in [1.54, 1.807) is 6.08 Å². The van der Waals surface area contributed by atoms with Gasteiger partial charge in [0, 0.05) is 6.54 Å². The van der Waals surface area contributed by atoms with Crippen molar-refractivity contribution in [2.75, 3.05) is 6.54 Å². The topological polar surface area (TPSA) is 26.0 Å². The van der Waals surface area contributed by atoms with Gasteiger partial charge < -0.3 is 7.16 Å². The molecule has 0 unspecified atom stereocenters. The molecule has 5 heavy (non-hydrogen) atoms. The van der Waals surface area contributed by atoms with Gasteiger partial charge in [0.2, 0.25) is 0 Å². The van der Waals surface area contributed by atoms with E-state index in [1.807, 2.05) is 0 Å². The number of hydrogen-bond acceptors (Lipinski definition) is 1. The minimum absolute atomic E-state index is 0. The van der Waals surface area contributed by atoms with Gasteiger partial charge in [-0.3, -0.25) is 0 Å². The summed E-state index contributed by atoms with van der Waals surface area (Å²) in [5.74, 6) is 0. The molecule has 26 valence electrons. The van der Waals surface area contributed by atoms with Crippen molar-refractivity contribution in [2.24, 2.45) is 5.73 Å². The summed E-state index contributed by atoms with van der Waals surface area (Å²) in [7, 11) is 0. The number of hydrogen-bond donors (Lipinski definition) is 1. The van der Waals surface area contributed by atoms with Crippen molar-refractivity contribution in [3.8, 4) is 0 Å². The molecule has 0 aromatic carbocycles. The van der Waals surface area contributed by atoms with Crippen LogP contribution >= 0.6 is 0 Å². The van der Waals surface area contributed by atoms with Crippen molar-refractivity contribution in [3.05, 3.63) is 12.7 Å². The van der Waals surface area contributed by atoms with E-state index in [9.17, 15) is 0 Å². The third-order valence-electron chi connectivity index (χ3n) is 0.167. The maximum absolute atomic E-state index is 4.91. The molecule has 0 aliphatic rings. The molecule has 0 fully saturated rings. The van der Waals surface area contributed by atoms with Crippen LogP contribution in [0.15, 0.2) is 12.7 Å². The molecule has 0 amide bonds. The average Bonchev–Trinajstić information content (AvgIpc) is 1.37. The first-order valence-corrected chi connectivity index (χ1v) is 1.22. The number of nitrogens with two attached hydrogens (primary N) is 1. The zero-order valence-corrected chi connectivity index (χ0v) is 5.57. The van der Waals surface area contributed by atoms with Gasteiger partial charge in [-0.1, -0.05) is 6.08 Å². The van der Waals surface area contributed by atoms with Crippen LogP contribution in [0.2, 0.25) is 0 Å². The van der Waals surface area contributed by atoms with Gasteiger partial charge in [-0.15, -0.1) is 6.58 Å². The molecule has 0 saturated heterocycles. The Balaban J connectivity index is -0.0000000450. The maximum atomic E-state index is 4.91. The summed E-state index contributed by atoms with van der Waals surface area (Å²) in [4.78, 5) is 0. The second kappa shape index (κ2) is 8.83. The van der Waals surface area contributed by atoms with Crippen molar-refractivity contribution in [3.63, 3.8) is 0 Å². The molecule has 0 rings (SSSR count). The predicted octanol–water partition coefficient (Wildman–Crippen LogP) is -2.75. The molecule has 0 aliphatic carbocycles. The molecule has 0 heterocycles. The summed E-state index contributed by atoms with van der Waals surface area (Å²) in [6.45, 7) is 3.94. The van der Waals surface area contributed by atoms with Crippen LogP contribution in [0.25, 0.3) is 0 Å². The van der Waals surface area contributed by atoms with E-state index in [2.05, 4.69) is 6.58 Å². The fourth-order valence-corrected chi connectivity index (χ4v) is 0. The van der Waals surface area contributed by atoms with Crippen molar-refractivity contribution >= 4 is 0 Å². The standard InChI is InChI=1S/C3H7N.Na.H/c1-2-3-4;;/h2H,1,3-4H2;;/q;+1;-1. The van der Waals surface area contributed by atoms with Gasteiger partial charge >= 0.3 is 29.6 Å². The Labute approximate surface area is 56.0 Å². The van der Waals surface area contributed by atoms with E-state index in [4.69, 9.17) is 5.73 Å². The van der Waals surface area contributed by atoms with E-state index in [0.717, 1.165) is 0 Å². The Bertz CT molecular complexity index is 24.8. The SMILES string of the molecule is C=CCN.[H-].[Na+]. The van der Waals surface area contributed by atoms with E-state index >= 15 is 0 Å². The third kappa shape index (κ3) is 11.9. The van der Waals surface area contributed by atoms with Crippen LogP contribution in [0.1, 0.15) is 1.43 Å². The summed E-state index contributed by atoms with van der Waals surface area (Å²) < 4.78 is 0. The minimum Gasteiger partial charge on any atom is -1.00 e. The fraction of sp³-hybridized carbons (Fsp3) is 0.333. The van der Waals surface area contributed by atoms with Crippen LogP contribution in [0.3, 0.4) is 0 Å². The molecule has 2 heteroatoms. The molecule has 0 aliphatic heterocycles. The number of rotatable bonds is 1. The van der Waals surface area contributed by atoms with Crippen molar-refractivity contribution in [1.29, 1.82) is 0 Å². The molecular formula is C3H8NNa. The molecule has 0 spiro atoms. The first-order valence-electron chi connectivity index (χ1n) is 1.22. The molecule has 2 N–H and O–H groups in total. The second-order valence-corrected chi connectivity index (χ2v) is 0.524. The minimum atomic E-state index is 0. The first-order chi connectivity index (χ1) is 1.91. The van der Waals surface area contributed by atoms with Gasteiger partial charge in [0.25, 0.3) is 0 Å². The summed E-state index contributed by atoms with van der Waals surface area (Å²) in [6.07, 6.45) is 1.65. The van der Waals surface area contributed by atoms with Crippen LogP contribution in [0, 0.1) is 0 Å². The predicted molar refractivity (Wildman–Crippen MR) is 20.4 cm³/mol. The Morgan fingerprint density at radius 3 is 2.20 bits per heavy atom. The van der Waals surface area contributed by atoms with Crippen LogP contribution in [0.5, 0.6) is 0 Å². The molecule has 0 radical (unpaired) electrons. The molecule has 0 bridgehead atoms. The largest absolute Gasteiger partial charge is 1.00 e. The van der Waals surface area contributed by atoms with Gasteiger partial charge in [0.15, 0.2) is 0 Å². The van der Waals surface area contributed by atoms with Crippen LogP contribution < -0.4 is 35.3 Å². The maximum Gasteiger partial charge on any atom is 1.00 e. The van der Waals surface area contributed by atoms with Gasteiger partial charge in [-0.25, -0.2) is 0 Å². The van der Waals surface area contributed by atoms with Gasteiger partial charge in [-0.05, 0) is 0 Å². The Hall–Kier alpha value is 0.700. The van der Waals surface area contributed by atoms with Crippen LogP contribution in [-0.2, 0) is 0 Å². The molecular weight excluding hydrogens is 73.0 g/mol. The van der Waals surface area contributed by atoms with E-state index in [-0.39, 0.29) is 31.0 Å². The van der Waals surface area contributed by atoms with E-state index in [1.165, 1.54) is 0 Å². The van der Waals surface area contributed by atoms with Crippen molar-refractivity contribution in [2.45, 2.75) is 0 Å². The molecule has 0 atom stereocenters. The fourth-order valence-electron chi connectivity index (χ4n) is 0.